The van der Waals surface area contributed by atoms with Gasteiger partial charge in [0.05, 0.1) is 5.56 Å². The van der Waals surface area contributed by atoms with E-state index >= 15 is 0 Å². The predicted octanol–water partition coefficient (Wildman–Crippen LogP) is 9.92. The van der Waals surface area contributed by atoms with Gasteiger partial charge in [-0.15, -0.1) is 0 Å². The Morgan fingerprint density at radius 2 is 1.51 bits per heavy atom. The van der Waals surface area contributed by atoms with Gasteiger partial charge in [-0.2, -0.15) is 13.2 Å². The first kappa shape index (κ1) is 29.2. The van der Waals surface area contributed by atoms with Crippen molar-refractivity contribution in [1.82, 2.24) is 0 Å². The molecule has 1 atom stereocenters. The van der Waals surface area contributed by atoms with Crippen LogP contribution in [0, 0.1) is 53.1 Å². The minimum absolute atomic E-state index is 0.00302. The molecule has 5 rings (SSSR count). The fourth-order valence-corrected chi connectivity index (χ4v) is 6.69. The van der Waals surface area contributed by atoms with Crippen LogP contribution in [0.25, 0.3) is 10.8 Å². The van der Waals surface area contributed by atoms with Crippen molar-refractivity contribution in [3.05, 3.63) is 81.9 Å². The molecular formula is C36H35F5. The molecule has 2 aliphatic carbocycles. The third kappa shape index (κ3) is 7.32. The lowest BCUT2D eigenvalue weighted by Crippen LogP contribution is -2.26. The van der Waals surface area contributed by atoms with Crippen molar-refractivity contribution in [2.24, 2.45) is 17.8 Å². The number of hydrogen-bond donors (Lipinski definition) is 0. The molecule has 0 amide bonds. The summed E-state index contributed by atoms with van der Waals surface area (Å²) in [6.07, 6.45) is 9.61. The summed E-state index contributed by atoms with van der Waals surface area (Å²) >= 11 is 0. The van der Waals surface area contributed by atoms with Crippen LogP contribution < -0.4 is 0 Å². The van der Waals surface area contributed by atoms with Gasteiger partial charge in [0.1, 0.15) is 11.6 Å². The number of hydrogen-bond acceptors (Lipinski definition) is 0. The minimum Gasteiger partial charge on any atom is -0.205 e. The van der Waals surface area contributed by atoms with Crippen LogP contribution in [0.1, 0.15) is 92.5 Å². The molecule has 3 aromatic carbocycles. The van der Waals surface area contributed by atoms with E-state index in [0.717, 1.165) is 48.1 Å². The number of alkyl halides is 3. The van der Waals surface area contributed by atoms with Crippen molar-refractivity contribution >= 4 is 10.8 Å². The molecule has 0 heterocycles. The maximum absolute atomic E-state index is 14.7. The summed E-state index contributed by atoms with van der Waals surface area (Å²) in [4.78, 5) is 0. The van der Waals surface area contributed by atoms with Gasteiger partial charge in [0.15, 0.2) is 0 Å². The summed E-state index contributed by atoms with van der Waals surface area (Å²) in [6, 6.07) is 11.9. The van der Waals surface area contributed by atoms with Crippen molar-refractivity contribution in [2.75, 3.05) is 0 Å². The minimum atomic E-state index is -4.83. The summed E-state index contributed by atoms with van der Waals surface area (Å²) in [5.41, 5.74) is 3.35. The lowest BCUT2D eigenvalue weighted by molar-refractivity contribution is -0.0696. The average molecular weight is 563 g/mol. The van der Waals surface area contributed by atoms with E-state index in [2.05, 4.69) is 30.9 Å². The first-order valence-corrected chi connectivity index (χ1v) is 14.9. The van der Waals surface area contributed by atoms with Gasteiger partial charge in [0.2, 0.25) is 0 Å². The summed E-state index contributed by atoms with van der Waals surface area (Å²) in [5, 5.41) is 0.215. The molecule has 0 N–H and O–H groups in total. The SMILES string of the molecule is CCCCCC1CCC(C2CCc3cc(C#Cc4ccc5c(F)c(C#CC(F)(F)F)c(F)cc5c4)ccc3C2)CC1. The number of benzene rings is 3. The quantitative estimate of drug-likeness (QED) is 0.165. The van der Waals surface area contributed by atoms with E-state index in [1.807, 2.05) is 6.07 Å². The lowest BCUT2D eigenvalue weighted by Gasteiger charge is -2.36. The maximum Gasteiger partial charge on any atom is 0.458 e. The monoisotopic (exact) mass is 562 g/mol. The Hall–Kier alpha value is -3.31. The van der Waals surface area contributed by atoms with Crippen LogP contribution in [0.15, 0.2) is 42.5 Å². The van der Waals surface area contributed by atoms with Gasteiger partial charge in [-0.1, -0.05) is 75.3 Å². The first-order valence-electron chi connectivity index (χ1n) is 14.9. The van der Waals surface area contributed by atoms with E-state index in [9.17, 15) is 22.0 Å². The highest BCUT2D eigenvalue weighted by Gasteiger charge is 2.30. The highest BCUT2D eigenvalue weighted by Crippen LogP contribution is 2.41. The highest BCUT2D eigenvalue weighted by molar-refractivity contribution is 5.86. The molecular weight excluding hydrogens is 527 g/mol. The van der Waals surface area contributed by atoms with Gasteiger partial charge >= 0.3 is 6.18 Å². The lowest BCUT2D eigenvalue weighted by atomic mass is 9.69. The van der Waals surface area contributed by atoms with Crippen LogP contribution in [0.4, 0.5) is 22.0 Å². The molecule has 3 aromatic rings. The molecule has 0 spiro atoms. The second kappa shape index (κ2) is 12.7. The Kier molecular flexibility index (Phi) is 9.03. The van der Waals surface area contributed by atoms with Crippen LogP contribution >= 0.6 is 0 Å². The molecule has 5 heteroatoms. The maximum atomic E-state index is 14.7. The van der Waals surface area contributed by atoms with Crippen LogP contribution in [0.3, 0.4) is 0 Å². The van der Waals surface area contributed by atoms with Gasteiger partial charge in [-0.05, 0) is 96.7 Å². The average Bonchev–Trinajstić information content (AvgIpc) is 2.95. The fourth-order valence-electron chi connectivity index (χ4n) is 6.69. The molecule has 1 fully saturated rings. The highest BCUT2D eigenvalue weighted by atomic mass is 19.4. The van der Waals surface area contributed by atoms with Gasteiger partial charge in [0.25, 0.3) is 0 Å². The summed E-state index contributed by atoms with van der Waals surface area (Å²) in [5.74, 6) is 9.06. The Balaban J connectivity index is 1.25. The molecule has 214 valence electrons. The Labute approximate surface area is 239 Å². The molecule has 2 aliphatic rings. The van der Waals surface area contributed by atoms with Gasteiger partial charge in [-0.25, -0.2) is 8.78 Å². The van der Waals surface area contributed by atoms with Crippen LogP contribution in [-0.2, 0) is 12.8 Å². The number of halogens is 5. The zero-order valence-electron chi connectivity index (χ0n) is 23.4. The van der Waals surface area contributed by atoms with Crippen molar-refractivity contribution < 1.29 is 22.0 Å². The van der Waals surface area contributed by atoms with Crippen LogP contribution in [0.5, 0.6) is 0 Å². The van der Waals surface area contributed by atoms with E-state index in [4.69, 9.17) is 0 Å². The molecule has 0 saturated heterocycles. The first-order chi connectivity index (χ1) is 19.7. The topological polar surface area (TPSA) is 0 Å². The molecule has 41 heavy (non-hydrogen) atoms. The summed E-state index contributed by atoms with van der Waals surface area (Å²) in [7, 11) is 0. The molecule has 1 saturated carbocycles. The van der Waals surface area contributed by atoms with E-state index in [1.54, 1.807) is 12.0 Å². The summed E-state index contributed by atoms with van der Waals surface area (Å²) < 4.78 is 66.3. The Morgan fingerprint density at radius 3 is 2.24 bits per heavy atom. The normalized spacial score (nSPS) is 20.5. The fraction of sp³-hybridized carbons (Fsp3) is 0.444. The smallest absolute Gasteiger partial charge is 0.205 e. The standard InChI is InChI=1S/C36H35F5/c1-2-3-4-5-24-8-12-27(13-9-24)29-16-15-28-20-25(10-14-30(28)22-29)6-7-26-11-17-32-31(21-26)23-34(37)33(35(32)38)18-19-36(39,40)41/h10-11,14,17,20-21,23-24,27,29H,2-5,8-9,12-13,15-16,22H2,1H3. The van der Waals surface area contributed by atoms with Crippen LogP contribution in [-0.4, -0.2) is 6.18 Å². The molecule has 0 aromatic heterocycles. The molecule has 0 radical (unpaired) electrons. The van der Waals surface area contributed by atoms with Crippen molar-refractivity contribution in [3.63, 3.8) is 0 Å². The zero-order valence-corrected chi connectivity index (χ0v) is 23.4. The van der Waals surface area contributed by atoms with Crippen LogP contribution in [0.2, 0.25) is 0 Å². The van der Waals surface area contributed by atoms with Gasteiger partial charge in [0, 0.05) is 22.4 Å². The number of fused-ring (bicyclic) bond motifs is 2. The Morgan fingerprint density at radius 1 is 0.780 bits per heavy atom. The third-order valence-electron chi connectivity index (χ3n) is 8.96. The largest absolute Gasteiger partial charge is 0.458 e. The molecule has 0 aliphatic heterocycles. The predicted molar refractivity (Wildman–Crippen MR) is 154 cm³/mol. The molecule has 0 bridgehead atoms. The van der Waals surface area contributed by atoms with Crippen molar-refractivity contribution in [3.8, 4) is 23.7 Å². The summed E-state index contributed by atoms with van der Waals surface area (Å²) in [6.45, 7) is 2.27. The van der Waals surface area contributed by atoms with Gasteiger partial charge in [-0.3, -0.25) is 0 Å². The van der Waals surface area contributed by atoms with E-state index in [-0.39, 0.29) is 10.8 Å². The number of rotatable bonds is 5. The number of aryl methyl sites for hydroxylation is 1. The molecule has 0 nitrogen and oxygen atoms in total. The zero-order chi connectivity index (χ0) is 29.0. The third-order valence-corrected chi connectivity index (χ3v) is 8.96. The van der Waals surface area contributed by atoms with E-state index in [0.29, 0.717) is 5.56 Å². The van der Waals surface area contributed by atoms with Crippen molar-refractivity contribution in [1.29, 1.82) is 0 Å². The second-order valence-electron chi connectivity index (χ2n) is 11.7. The number of unbranched alkanes of at least 4 members (excludes halogenated alkanes) is 2. The van der Waals surface area contributed by atoms with E-state index < -0.39 is 23.4 Å². The molecule has 1 unspecified atom stereocenters. The van der Waals surface area contributed by atoms with Crippen molar-refractivity contribution in [2.45, 2.75) is 83.7 Å². The van der Waals surface area contributed by atoms with E-state index in [1.165, 1.54) is 81.0 Å². The second-order valence-corrected chi connectivity index (χ2v) is 11.7. The van der Waals surface area contributed by atoms with Gasteiger partial charge < -0.3 is 0 Å². The Bertz CT molecular complexity index is 1520.